The zero-order chi connectivity index (χ0) is 21.8. The lowest BCUT2D eigenvalue weighted by atomic mass is 9.55. The van der Waals surface area contributed by atoms with Crippen LogP contribution in [-0.2, 0) is 25.6 Å². The van der Waals surface area contributed by atoms with Crippen LogP contribution in [0.3, 0.4) is 0 Å². The Kier molecular flexibility index (Phi) is 4.83. The third kappa shape index (κ3) is 3.33. The standard InChI is InChI=1S/C25H27NO5/c1-25-12-10-17-18(20(25)6-7-21(25)27)5-3-15-2-4-16(14-19(15)17)31-24(30)11-13-26-22(28)8-9-23(26)29/h2,4,8-9,14,17-18,20H,3,5-7,10-13H2,1H3/t17-,18-,20+,25+/m1/s1. The van der Waals surface area contributed by atoms with Gasteiger partial charge < -0.3 is 4.74 Å². The number of benzene rings is 1. The molecule has 4 atom stereocenters. The molecule has 6 heteroatoms. The molecule has 1 aromatic carbocycles. The molecule has 6 nitrogen and oxygen atoms in total. The van der Waals surface area contributed by atoms with Gasteiger partial charge in [0.25, 0.3) is 11.8 Å². The van der Waals surface area contributed by atoms with Crippen LogP contribution in [0.15, 0.2) is 30.4 Å². The van der Waals surface area contributed by atoms with E-state index in [1.165, 1.54) is 23.3 Å². The molecule has 162 valence electrons. The summed E-state index contributed by atoms with van der Waals surface area (Å²) in [5, 5.41) is 0. The number of hydrogen-bond donors (Lipinski definition) is 0. The average Bonchev–Trinajstić information content (AvgIpc) is 3.24. The van der Waals surface area contributed by atoms with Gasteiger partial charge in [0.15, 0.2) is 0 Å². The first-order valence-electron chi connectivity index (χ1n) is 11.3. The second-order valence-electron chi connectivity index (χ2n) is 9.58. The second kappa shape index (κ2) is 7.43. The van der Waals surface area contributed by atoms with Crippen LogP contribution in [0, 0.1) is 17.3 Å². The minimum absolute atomic E-state index is 0.0213. The predicted octanol–water partition coefficient (Wildman–Crippen LogP) is 3.33. The minimum Gasteiger partial charge on any atom is -0.426 e. The number of esters is 1. The Labute approximate surface area is 181 Å². The monoisotopic (exact) mass is 421 g/mol. The topological polar surface area (TPSA) is 80.8 Å². The molecule has 0 N–H and O–H groups in total. The van der Waals surface area contributed by atoms with E-state index in [9.17, 15) is 19.2 Å². The summed E-state index contributed by atoms with van der Waals surface area (Å²) < 4.78 is 5.55. The molecule has 2 fully saturated rings. The van der Waals surface area contributed by atoms with Gasteiger partial charge in [-0.05, 0) is 73.1 Å². The summed E-state index contributed by atoms with van der Waals surface area (Å²) in [5.74, 6) is 1.09. The molecule has 0 unspecified atom stereocenters. The molecule has 0 aromatic heterocycles. The van der Waals surface area contributed by atoms with Crippen LogP contribution in [-0.4, -0.2) is 35.0 Å². The number of aryl methyl sites for hydroxylation is 1. The Morgan fingerprint density at radius 2 is 1.87 bits per heavy atom. The van der Waals surface area contributed by atoms with Crippen molar-refractivity contribution in [3.8, 4) is 5.75 Å². The van der Waals surface area contributed by atoms with Gasteiger partial charge in [0.2, 0.25) is 0 Å². The normalized spacial score (nSPS) is 31.5. The fourth-order valence-corrected chi connectivity index (χ4v) is 6.42. The number of amides is 2. The van der Waals surface area contributed by atoms with Crippen LogP contribution >= 0.6 is 0 Å². The van der Waals surface area contributed by atoms with E-state index in [0.29, 0.717) is 35.7 Å². The Bertz CT molecular complexity index is 993. The van der Waals surface area contributed by atoms with Crippen molar-refractivity contribution in [3.63, 3.8) is 0 Å². The third-order valence-corrected chi connectivity index (χ3v) is 8.08. The smallest absolute Gasteiger partial charge is 0.312 e. The number of hydrogen-bond acceptors (Lipinski definition) is 5. The van der Waals surface area contributed by atoms with Crippen molar-refractivity contribution in [1.82, 2.24) is 4.90 Å². The second-order valence-corrected chi connectivity index (χ2v) is 9.58. The van der Waals surface area contributed by atoms with E-state index >= 15 is 0 Å². The van der Waals surface area contributed by atoms with Crippen molar-refractivity contribution in [2.45, 2.75) is 57.8 Å². The zero-order valence-corrected chi connectivity index (χ0v) is 17.8. The molecule has 4 aliphatic rings. The van der Waals surface area contributed by atoms with E-state index in [0.717, 1.165) is 37.0 Å². The highest BCUT2D eigenvalue weighted by molar-refractivity contribution is 6.13. The number of Topliss-reactive ketones (excluding diaryl/α,β-unsaturated/α-hetero) is 1. The first-order valence-corrected chi connectivity index (χ1v) is 11.3. The number of carbonyl (C=O) groups excluding carboxylic acids is 4. The number of imide groups is 1. The maximum Gasteiger partial charge on any atom is 0.312 e. The van der Waals surface area contributed by atoms with Crippen LogP contribution in [0.4, 0.5) is 0 Å². The van der Waals surface area contributed by atoms with Crippen LogP contribution in [0.1, 0.15) is 62.5 Å². The summed E-state index contributed by atoms with van der Waals surface area (Å²) in [6.45, 7) is 2.19. The van der Waals surface area contributed by atoms with Crippen molar-refractivity contribution in [1.29, 1.82) is 0 Å². The van der Waals surface area contributed by atoms with Gasteiger partial charge in [-0.25, -0.2) is 0 Å². The largest absolute Gasteiger partial charge is 0.426 e. The van der Waals surface area contributed by atoms with Crippen molar-refractivity contribution < 1.29 is 23.9 Å². The first-order chi connectivity index (χ1) is 14.9. The summed E-state index contributed by atoms with van der Waals surface area (Å²) >= 11 is 0. The number of carbonyl (C=O) groups is 4. The molecule has 1 aromatic rings. The molecule has 0 saturated heterocycles. The minimum atomic E-state index is -0.461. The lowest BCUT2D eigenvalue weighted by Crippen LogP contribution is -2.42. The van der Waals surface area contributed by atoms with Crippen molar-refractivity contribution in [2.24, 2.45) is 17.3 Å². The van der Waals surface area contributed by atoms with Gasteiger partial charge in [0, 0.05) is 30.5 Å². The number of rotatable bonds is 4. The molecule has 0 spiro atoms. The van der Waals surface area contributed by atoms with E-state index in [2.05, 4.69) is 13.0 Å². The molecule has 0 bridgehead atoms. The lowest BCUT2D eigenvalue weighted by molar-refractivity contribution is -0.139. The molecule has 1 aliphatic heterocycles. The van der Waals surface area contributed by atoms with Crippen LogP contribution in [0.2, 0.25) is 0 Å². The Morgan fingerprint density at radius 1 is 1.10 bits per heavy atom. The van der Waals surface area contributed by atoms with Gasteiger partial charge in [-0.15, -0.1) is 0 Å². The number of ether oxygens (including phenoxy) is 1. The van der Waals surface area contributed by atoms with Crippen molar-refractivity contribution in [2.75, 3.05) is 6.54 Å². The quantitative estimate of drug-likeness (QED) is 0.423. The van der Waals surface area contributed by atoms with Crippen molar-refractivity contribution >= 4 is 23.6 Å². The van der Waals surface area contributed by atoms with E-state index in [4.69, 9.17) is 4.74 Å². The van der Waals surface area contributed by atoms with Gasteiger partial charge in [-0.2, -0.15) is 0 Å². The molecule has 2 saturated carbocycles. The summed E-state index contributed by atoms with van der Waals surface area (Å²) in [6, 6.07) is 5.88. The average molecular weight is 421 g/mol. The van der Waals surface area contributed by atoms with E-state index in [-0.39, 0.29) is 18.4 Å². The highest BCUT2D eigenvalue weighted by Gasteiger charge is 2.54. The molecule has 31 heavy (non-hydrogen) atoms. The van der Waals surface area contributed by atoms with Crippen LogP contribution < -0.4 is 4.74 Å². The highest BCUT2D eigenvalue weighted by atomic mass is 16.5. The van der Waals surface area contributed by atoms with Gasteiger partial charge >= 0.3 is 5.97 Å². The maximum atomic E-state index is 12.5. The molecular formula is C25H27NO5. The Balaban J connectivity index is 1.28. The first kappa shape index (κ1) is 20.2. The molecular weight excluding hydrogens is 394 g/mol. The van der Waals surface area contributed by atoms with E-state index < -0.39 is 17.8 Å². The van der Waals surface area contributed by atoms with E-state index in [1.807, 2.05) is 12.1 Å². The maximum absolute atomic E-state index is 12.5. The fraction of sp³-hybridized carbons (Fsp3) is 0.520. The zero-order valence-electron chi connectivity index (χ0n) is 17.8. The molecule has 3 aliphatic carbocycles. The molecule has 1 heterocycles. The summed E-state index contributed by atoms with van der Waals surface area (Å²) in [6.07, 6.45) is 8.16. The Hall–Kier alpha value is -2.76. The lowest BCUT2D eigenvalue weighted by Gasteiger charge is -2.48. The summed E-state index contributed by atoms with van der Waals surface area (Å²) in [4.78, 5) is 49.1. The van der Waals surface area contributed by atoms with E-state index in [1.54, 1.807) is 0 Å². The van der Waals surface area contributed by atoms with Crippen molar-refractivity contribution in [3.05, 3.63) is 41.5 Å². The van der Waals surface area contributed by atoms with Gasteiger partial charge in [-0.3, -0.25) is 24.1 Å². The van der Waals surface area contributed by atoms with Gasteiger partial charge in [0.05, 0.1) is 6.42 Å². The third-order valence-electron chi connectivity index (χ3n) is 8.08. The number of nitrogens with zero attached hydrogens (tertiary/aromatic N) is 1. The number of ketones is 1. The molecule has 5 rings (SSSR count). The highest BCUT2D eigenvalue weighted by Crippen LogP contribution is 2.59. The molecule has 2 amide bonds. The Morgan fingerprint density at radius 3 is 2.65 bits per heavy atom. The predicted molar refractivity (Wildman–Crippen MR) is 112 cm³/mol. The van der Waals surface area contributed by atoms with Crippen LogP contribution in [0.25, 0.3) is 0 Å². The SMILES string of the molecule is C[C@]12CC[C@H]3c4cc(OC(=O)CCN5C(=O)C=CC5=O)ccc4CC[C@H]3[C@@H]1CCC2=O. The summed E-state index contributed by atoms with van der Waals surface area (Å²) in [7, 11) is 0. The van der Waals surface area contributed by atoms with Crippen LogP contribution in [0.5, 0.6) is 5.75 Å². The molecule has 0 radical (unpaired) electrons. The fourth-order valence-electron chi connectivity index (χ4n) is 6.42. The van der Waals surface area contributed by atoms with Gasteiger partial charge in [0.1, 0.15) is 11.5 Å². The summed E-state index contributed by atoms with van der Waals surface area (Å²) in [5.41, 5.74) is 2.42. The van der Waals surface area contributed by atoms with Gasteiger partial charge in [-0.1, -0.05) is 13.0 Å². The number of fused-ring (bicyclic) bond motifs is 5.